The average molecular weight is 342 g/mol. The number of nitrogens with zero attached hydrogens (tertiary/aromatic N) is 1. The number of rotatable bonds is 4. The maximum atomic E-state index is 12.8. The van der Waals surface area contributed by atoms with Gasteiger partial charge in [0.15, 0.2) is 0 Å². The number of fused-ring (bicyclic) bond motifs is 1. The molecule has 0 saturated heterocycles. The van der Waals surface area contributed by atoms with Crippen LogP contribution in [-0.2, 0) is 0 Å². The Kier molecular flexibility index (Phi) is 4.93. The zero-order chi connectivity index (χ0) is 18.1. The lowest BCUT2D eigenvalue weighted by atomic mass is 9.94. The van der Waals surface area contributed by atoms with Crippen LogP contribution in [0.3, 0.4) is 0 Å². The summed E-state index contributed by atoms with van der Waals surface area (Å²) in [6, 6.07) is 4.86. The number of imide groups is 1. The Morgan fingerprint density at radius 3 is 2.32 bits per heavy atom. The van der Waals surface area contributed by atoms with Gasteiger partial charge in [0.25, 0.3) is 17.7 Å². The van der Waals surface area contributed by atoms with Crippen LogP contribution in [0.25, 0.3) is 0 Å². The maximum absolute atomic E-state index is 12.8. The van der Waals surface area contributed by atoms with E-state index < -0.39 is 0 Å². The zero-order valence-corrected chi connectivity index (χ0v) is 15.2. The second kappa shape index (κ2) is 6.98. The molecule has 3 amide bonds. The van der Waals surface area contributed by atoms with Crippen molar-refractivity contribution in [2.75, 3.05) is 0 Å². The Balaban J connectivity index is 1.82. The molecule has 0 spiro atoms. The van der Waals surface area contributed by atoms with Crippen molar-refractivity contribution in [3.8, 4) is 0 Å². The van der Waals surface area contributed by atoms with Crippen molar-refractivity contribution in [2.45, 2.75) is 65.0 Å². The van der Waals surface area contributed by atoms with Crippen LogP contribution in [0.5, 0.6) is 0 Å². The zero-order valence-electron chi connectivity index (χ0n) is 15.2. The minimum atomic E-state index is -0.251. The number of hydrogen-bond acceptors (Lipinski definition) is 3. The Morgan fingerprint density at radius 2 is 1.68 bits per heavy atom. The van der Waals surface area contributed by atoms with E-state index in [-0.39, 0.29) is 29.8 Å². The van der Waals surface area contributed by atoms with Gasteiger partial charge in [-0.15, -0.1) is 0 Å². The highest BCUT2D eigenvalue weighted by atomic mass is 16.2. The number of nitrogens with one attached hydrogen (secondary N) is 1. The van der Waals surface area contributed by atoms with E-state index in [1.165, 1.54) is 4.90 Å². The fourth-order valence-corrected chi connectivity index (χ4v) is 3.53. The van der Waals surface area contributed by atoms with Gasteiger partial charge >= 0.3 is 0 Å². The van der Waals surface area contributed by atoms with E-state index in [1.807, 2.05) is 20.8 Å². The van der Waals surface area contributed by atoms with E-state index >= 15 is 0 Å². The first-order valence-electron chi connectivity index (χ1n) is 9.23. The Hall–Kier alpha value is -2.17. The van der Waals surface area contributed by atoms with E-state index in [0.717, 1.165) is 32.1 Å². The minimum Gasteiger partial charge on any atom is -0.349 e. The van der Waals surface area contributed by atoms with E-state index in [1.54, 1.807) is 18.2 Å². The van der Waals surface area contributed by atoms with E-state index in [9.17, 15) is 14.4 Å². The number of amides is 3. The Morgan fingerprint density at radius 1 is 1.04 bits per heavy atom. The highest BCUT2D eigenvalue weighted by molar-refractivity contribution is 6.22. The summed E-state index contributed by atoms with van der Waals surface area (Å²) >= 11 is 0. The monoisotopic (exact) mass is 342 g/mol. The molecule has 1 fully saturated rings. The minimum absolute atomic E-state index is 0.000565. The van der Waals surface area contributed by atoms with Gasteiger partial charge in [-0.05, 0) is 43.9 Å². The maximum Gasteiger partial charge on any atom is 0.261 e. The molecule has 5 heteroatoms. The van der Waals surface area contributed by atoms with Crippen LogP contribution < -0.4 is 5.32 Å². The smallest absolute Gasteiger partial charge is 0.261 e. The van der Waals surface area contributed by atoms with Gasteiger partial charge in [0.1, 0.15) is 0 Å². The lowest BCUT2D eigenvalue weighted by Crippen LogP contribution is -2.40. The van der Waals surface area contributed by atoms with Crippen LogP contribution in [0.1, 0.15) is 83.9 Å². The third-order valence-electron chi connectivity index (χ3n) is 5.48. The van der Waals surface area contributed by atoms with Crippen LogP contribution >= 0.6 is 0 Å². The summed E-state index contributed by atoms with van der Waals surface area (Å²) in [4.78, 5) is 39.3. The predicted molar refractivity (Wildman–Crippen MR) is 95.6 cm³/mol. The summed E-state index contributed by atoms with van der Waals surface area (Å²) in [7, 11) is 0. The van der Waals surface area contributed by atoms with Gasteiger partial charge in [-0.2, -0.15) is 0 Å². The first-order chi connectivity index (χ1) is 11.9. The molecule has 1 atom stereocenters. The lowest BCUT2D eigenvalue weighted by Gasteiger charge is -2.29. The van der Waals surface area contributed by atoms with Crippen LogP contribution in [0, 0.1) is 5.92 Å². The topological polar surface area (TPSA) is 66.5 Å². The largest absolute Gasteiger partial charge is 0.349 e. The highest BCUT2D eigenvalue weighted by Gasteiger charge is 2.40. The summed E-state index contributed by atoms with van der Waals surface area (Å²) < 4.78 is 0. The van der Waals surface area contributed by atoms with E-state index in [2.05, 4.69) is 5.32 Å². The summed E-state index contributed by atoms with van der Waals surface area (Å²) in [5.41, 5.74) is 1.21. The molecule has 0 radical (unpaired) electrons. The van der Waals surface area contributed by atoms with Crippen LogP contribution in [0.2, 0.25) is 0 Å². The summed E-state index contributed by atoms with van der Waals surface area (Å²) in [5, 5.41) is 2.94. The van der Waals surface area contributed by atoms with Gasteiger partial charge in [0.05, 0.1) is 11.1 Å². The number of hydrogen-bond donors (Lipinski definition) is 1. The van der Waals surface area contributed by atoms with E-state index in [0.29, 0.717) is 22.6 Å². The first-order valence-corrected chi connectivity index (χ1v) is 9.23. The van der Waals surface area contributed by atoms with Crippen molar-refractivity contribution >= 4 is 17.7 Å². The molecule has 25 heavy (non-hydrogen) atoms. The molecule has 0 aromatic heterocycles. The molecule has 1 aliphatic heterocycles. The van der Waals surface area contributed by atoms with Crippen LogP contribution in [0.4, 0.5) is 0 Å². The Labute approximate surface area is 148 Å². The standard InChI is InChI=1S/C20H26N2O3/c1-12(2)13(3)21-18(23)14-9-10-16-17(11-14)20(25)22(19(16)24)15-7-5-4-6-8-15/h9-13,15H,4-8H2,1-3H3,(H,21,23). The lowest BCUT2D eigenvalue weighted by molar-refractivity contribution is 0.0549. The molecule has 1 aliphatic carbocycles. The summed E-state index contributed by atoms with van der Waals surface area (Å²) in [6.07, 6.45) is 5.03. The third-order valence-corrected chi connectivity index (χ3v) is 5.48. The summed E-state index contributed by atoms with van der Waals surface area (Å²) in [6.45, 7) is 6.03. The fraction of sp³-hybridized carbons (Fsp3) is 0.550. The van der Waals surface area contributed by atoms with Gasteiger partial charge in [-0.25, -0.2) is 0 Å². The molecule has 1 unspecified atom stereocenters. The molecular weight excluding hydrogens is 316 g/mol. The molecule has 3 rings (SSSR count). The van der Waals surface area contributed by atoms with Gasteiger partial charge in [0, 0.05) is 17.6 Å². The highest BCUT2D eigenvalue weighted by Crippen LogP contribution is 2.31. The molecule has 0 bridgehead atoms. The van der Waals surface area contributed by atoms with Crippen LogP contribution in [-0.4, -0.2) is 34.7 Å². The van der Waals surface area contributed by atoms with Crippen LogP contribution in [0.15, 0.2) is 18.2 Å². The van der Waals surface area contributed by atoms with Crippen molar-refractivity contribution in [2.24, 2.45) is 5.92 Å². The van der Waals surface area contributed by atoms with Crippen molar-refractivity contribution in [3.63, 3.8) is 0 Å². The first kappa shape index (κ1) is 17.6. The normalized spacial score (nSPS) is 19.3. The van der Waals surface area contributed by atoms with Crippen molar-refractivity contribution in [3.05, 3.63) is 34.9 Å². The number of benzene rings is 1. The van der Waals surface area contributed by atoms with Gasteiger partial charge in [-0.3, -0.25) is 19.3 Å². The fourth-order valence-electron chi connectivity index (χ4n) is 3.53. The molecule has 5 nitrogen and oxygen atoms in total. The molecule has 1 N–H and O–H groups in total. The van der Waals surface area contributed by atoms with Crippen molar-refractivity contribution in [1.29, 1.82) is 0 Å². The quantitative estimate of drug-likeness (QED) is 0.853. The predicted octanol–water partition coefficient (Wildman–Crippen LogP) is 3.39. The molecular formula is C20H26N2O3. The molecule has 1 aromatic carbocycles. The molecule has 134 valence electrons. The average Bonchev–Trinajstić information content (AvgIpc) is 2.86. The molecule has 1 heterocycles. The van der Waals surface area contributed by atoms with Gasteiger partial charge < -0.3 is 5.32 Å². The second-order valence-corrected chi connectivity index (χ2v) is 7.54. The number of carbonyl (C=O) groups excluding carboxylic acids is 3. The molecule has 2 aliphatic rings. The Bertz CT molecular complexity index is 705. The van der Waals surface area contributed by atoms with Crippen molar-refractivity contribution < 1.29 is 14.4 Å². The number of carbonyl (C=O) groups is 3. The SMILES string of the molecule is CC(C)C(C)NC(=O)c1ccc2c(c1)C(=O)N(C1CCCCC1)C2=O. The van der Waals surface area contributed by atoms with Gasteiger partial charge in [0.2, 0.25) is 0 Å². The third kappa shape index (κ3) is 3.32. The molecule has 1 aromatic rings. The second-order valence-electron chi connectivity index (χ2n) is 7.54. The van der Waals surface area contributed by atoms with Gasteiger partial charge in [-0.1, -0.05) is 33.1 Å². The van der Waals surface area contributed by atoms with E-state index in [4.69, 9.17) is 0 Å². The molecule has 1 saturated carbocycles. The van der Waals surface area contributed by atoms with Crippen molar-refractivity contribution in [1.82, 2.24) is 10.2 Å². The summed E-state index contributed by atoms with van der Waals surface area (Å²) in [5.74, 6) is -0.350.